The summed E-state index contributed by atoms with van der Waals surface area (Å²) in [6.45, 7) is 8.17. The van der Waals surface area contributed by atoms with Crippen molar-refractivity contribution in [2.45, 2.75) is 52.1 Å². The van der Waals surface area contributed by atoms with Gasteiger partial charge in [0.2, 0.25) is 0 Å². The molecular weight excluding hydrogens is 232 g/mol. The maximum Gasteiger partial charge on any atom is 0.0297 e. The van der Waals surface area contributed by atoms with Crippen LogP contribution in [0, 0.1) is 5.92 Å². The van der Waals surface area contributed by atoms with Crippen LogP contribution < -0.4 is 5.73 Å². The van der Waals surface area contributed by atoms with Crippen molar-refractivity contribution >= 4 is 0 Å². The molecule has 0 radical (unpaired) electrons. The third-order valence-corrected chi connectivity index (χ3v) is 4.54. The lowest BCUT2D eigenvalue weighted by Crippen LogP contribution is -2.34. The van der Waals surface area contributed by atoms with Gasteiger partial charge < -0.3 is 5.73 Å². The van der Waals surface area contributed by atoms with E-state index in [4.69, 9.17) is 5.73 Å². The molecular formula is C17H26N2. The summed E-state index contributed by atoms with van der Waals surface area (Å²) in [5.41, 5.74) is 12.3. The summed E-state index contributed by atoms with van der Waals surface area (Å²) in [7, 11) is 0. The first kappa shape index (κ1) is 13.1. The Bertz CT molecular complexity index is 465. The fraction of sp³-hybridized carbons (Fsp3) is 0.647. The maximum absolute atomic E-state index is 6.26. The van der Waals surface area contributed by atoms with Gasteiger partial charge in [-0.25, -0.2) is 0 Å². The molecule has 2 heteroatoms. The van der Waals surface area contributed by atoms with Crippen LogP contribution in [0.4, 0.5) is 0 Å². The first-order chi connectivity index (χ1) is 9.13. The van der Waals surface area contributed by atoms with E-state index in [1.54, 1.807) is 11.1 Å². The van der Waals surface area contributed by atoms with E-state index in [9.17, 15) is 0 Å². The minimum atomic E-state index is 0.280. The van der Waals surface area contributed by atoms with E-state index in [0.29, 0.717) is 0 Å². The van der Waals surface area contributed by atoms with Crippen molar-refractivity contribution in [1.82, 2.24) is 4.90 Å². The molecule has 0 saturated heterocycles. The van der Waals surface area contributed by atoms with Crippen LogP contribution in [0.3, 0.4) is 0 Å². The lowest BCUT2D eigenvalue weighted by molar-refractivity contribution is 0.226. The topological polar surface area (TPSA) is 29.3 Å². The Morgan fingerprint density at radius 3 is 2.84 bits per heavy atom. The predicted octanol–water partition coefficient (Wildman–Crippen LogP) is 3.04. The summed E-state index contributed by atoms with van der Waals surface area (Å²) in [5, 5.41) is 0. The third-order valence-electron chi connectivity index (χ3n) is 4.54. The molecule has 0 fully saturated rings. The number of benzene rings is 1. The number of hydrogen-bond acceptors (Lipinski definition) is 2. The molecule has 104 valence electrons. The highest BCUT2D eigenvalue weighted by atomic mass is 15.1. The van der Waals surface area contributed by atoms with E-state index in [0.717, 1.165) is 18.9 Å². The molecule has 1 aromatic carbocycles. The van der Waals surface area contributed by atoms with Gasteiger partial charge in [0.05, 0.1) is 0 Å². The van der Waals surface area contributed by atoms with Crippen LogP contribution in [0.5, 0.6) is 0 Å². The van der Waals surface area contributed by atoms with Crippen molar-refractivity contribution in [3.63, 3.8) is 0 Å². The van der Waals surface area contributed by atoms with Crippen molar-refractivity contribution in [3.8, 4) is 0 Å². The van der Waals surface area contributed by atoms with Gasteiger partial charge in [0.1, 0.15) is 0 Å². The Morgan fingerprint density at radius 2 is 2.05 bits per heavy atom. The highest BCUT2D eigenvalue weighted by Gasteiger charge is 2.22. The monoisotopic (exact) mass is 258 g/mol. The molecule has 2 N–H and O–H groups in total. The summed E-state index contributed by atoms with van der Waals surface area (Å²) in [6, 6.07) is 5.15. The zero-order chi connectivity index (χ0) is 13.4. The number of aryl methyl sites for hydroxylation is 1. The van der Waals surface area contributed by atoms with Crippen LogP contribution in [-0.4, -0.2) is 18.0 Å². The second kappa shape index (κ2) is 5.26. The molecule has 19 heavy (non-hydrogen) atoms. The molecule has 1 atom stereocenters. The zero-order valence-electron chi connectivity index (χ0n) is 12.3. The number of fused-ring (bicyclic) bond motifs is 2. The Kier molecular flexibility index (Phi) is 3.64. The summed E-state index contributed by atoms with van der Waals surface area (Å²) in [5.74, 6) is 0.757. The van der Waals surface area contributed by atoms with Crippen LogP contribution in [0.25, 0.3) is 0 Å². The SMILES string of the molecule is CC(C)CN1CCc2cc3c(cc2C1)CCCC3N. The maximum atomic E-state index is 6.26. The first-order valence-electron chi connectivity index (χ1n) is 7.76. The predicted molar refractivity (Wildman–Crippen MR) is 80.1 cm³/mol. The summed E-state index contributed by atoms with van der Waals surface area (Å²) < 4.78 is 0. The molecule has 0 amide bonds. The molecule has 1 aliphatic heterocycles. The second-order valence-corrected chi connectivity index (χ2v) is 6.70. The van der Waals surface area contributed by atoms with Gasteiger partial charge in [-0.2, -0.15) is 0 Å². The number of hydrogen-bond donors (Lipinski definition) is 1. The molecule has 1 heterocycles. The van der Waals surface area contributed by atoms with Crippen LogP contribution >= 0.6 is 0 Å². The minimum Gasteiger partial charge on any atom is -0.324 e. The molecule has 0 spiro atoms. The van der Waals surface area contributed by atoms with Crippen molar-refractivity contribution in [2.24, 2.45) is 11.7 Å². The lowest BCUT2D eigenvalue weighted by atomic mass is 9.83. The van der Waals surface area contributed by atoms with Crippen molar-refractivity contribution < 1.29 is 0 Å². The first-order valence-corrected chi connectivity index (χ1v) is 7.76. The van der Waals surface area contributed by atoms with Crippen LogP contribution in [-0.2, 0) is 19.4 Å². The Balaban J connectivity index is 1.85. The molecule has 1 unspecified atom stereocenters. The fourth-order valence-corrected chi connectivity index (χ4v) is 3.64. The average molecular weight is 258 g/mol. The standard InChI is InChI=1S/C17H26N2/c1-12(2)10-19-7-6-13-9-16-14(8-15(13)11-19)4-3-5-17(16)18/h8-9,12,17H,3-7,10-11,18H2,1-2H3. The molecule has 3 rings (SSSR count). The van der Waals surface area contributed by atoms with E-state index < -0.39 is 0 Å². The van der Waals surface area contributed by atoms with Crippen molar-refractivity contribution in [3.05, 3.63) is 34.4 Å². The molecule has 1 aliphatic carbocycles. The number of rotatable bonds is 2. The average Bonchev–Trinajstić information content (AvgIpc) is 2.36. The Hall–Kier alpha value is -0.860. The van der Waals surface area contributed by atoms with Gasteiger partial charge in [0.25, 0.3) is 0 Å². The molecule has 0 aromatic heterocycles. The summed E-state index contributed by atoms with van der Waals surface area (Å²) in [4.78, 5) is 2.60. The summed E-state index contributed by atoms with van der Waals surface area (Å²) >= 11 is 0. The van der Waals surface area contributed by atoms with E-state index in [1.807, 2.05) is 0 Å². The van der Waals surface area contributed by atoms with Gasteiger partial charge in [-0.1, -0.05) is 26.0 Å². The van der Waals surface area contributed by atoms with Gasteiger partial charge in [0, 0.05) is 25.7 Å². The number of nitrogens with zero attached hydrogens (tertiary/aromatic N) is 1. The van der Waals surface area contributed by atoms with Gasteiger partial charge in [-0.3, -0.25) is 4.90 Å². The third kappa shape index (κ3) is 2.70. The van der Waals surface area contributed by atoms with Gasteiger partial charge >= 0.3 is 0 Å². The van der Waals surface area contributed by atoms with E-state index >= 15 is 0 Å². The van der Waals surface area contributed by atoms with Gasteiger partial charge in [-0.15, -0.1) is 0 Å². The van der Waals surface area contributed by atoms with E-state index in [2.05, 4.69) is 30.9 Å². The number of nitrogens with two attached hydrogens (primary N) is 1. The smallest absolute Gasteiger partial charge is 0.0297 e. The Labute approximate surface area is 117 Å². The zero-order valence-corrected chi connectivity index (χ0v) is 12.3. The summed E-state index contributed by atoms with van der Waals surface area (Å²) in [6.07, 6.45) is 4.83. The molecule has 0 bridgehead atoms. The van der Waals surface area contributed by atoms with Crippen molar-refractivity contribution in [1.29, 1.82) is 0 Å². The fourth-order valence-electron chi connectivity index (χ4n) is 3.64. The second-order valence-electron chi connectivity index (χ2n) is 6.70. The molecule has 2 nitrogen and oxygen atoms in total. The normalized spacial score (nSPS) is 23.3. The largest absolute Gasteiger partial charge is 0.324 e. The highest BCUT2D eigenvalue weighted by molar-refractivity contribution is 5.42. The van der Waals surface area contributed by atoms with E-state index in [1.165, 1.54) is 43.5 Å². The van der Waals surface area contributed by atoms with Crippen LogP contribution in [0.2, 0.25) is 0 Å². The van der Waals surface area contributed by atoms with Crippen molar-refractivity contribution in [2.75, 3.05) is 13.1 Å². The van der Waals surface area contributed by atoms with Gasteiger partial charge in [0.15, 0.2) is 0 Å². The Morgan fingerprint density at radius 1 is 1.21 bits per heavy atom. The lowest BCUT2D eigenvalue weighted by Gasteiger charge is -2.32. The van der Waals surface area contributed by atoms with E-state index in [-0.39, 0.29) is 6.04 Å². The molecule has 2 aliphatic rings. The molecule has 0 saturated carbocycles. The van der Waals surface area contributed by atoms with Crippen LogP contribution in [0.1, 0.15) is 55.0 Å². The molecule has 1 aromatic rings. The quantitative estimate of drug-likeness (QED) is 0.883. The minimum absolute atomic E-state index is 0.280. The highest BCUT2D eigenvalue weighted by Crippen LogP contribution is 2.32. The van der Waals surface area contributed by atoms with Gasteiger partial charge in [-0.05, 0) is 53.9 Å². The van der Waals surface area contributed by atoms with Crippen LogP contribution in [0.15, 0.2) is 12.1 Å².